The zero-order valence-corrected chi connectivity index (χ0v) is 12.4. The van der Waals surface area contributed by atoms with Crippen LogP contribution >= 0.6 is 15.9 Å². The second kappa shape index (κ2) is 6.39. The van der Waals surface area contributed by atoms with Crippen molar-refractivity contribution in [3.05, 3.63) is 35.9 Å². The molecule has 0 saturated carbocycles. The summed E-state index contributed by atoms with van der Waals surface area (Å²) in [5.74, 6) is 0.344. The molecule has 0 radical (unpaired) electrons. The molecule has 1 saturated heterocycles. The Morgan fingerprint density at radius 1 is 1.47 bits per heavy atom. The topological polar surface area (TPSA) is 49.8 Å². The molecule has 1 N–H and O–H groups in total. The predicted octanol–water partition coefficient (Wildman–Crippen LogP) is 2.75. The monoisotopic (exact) mass is 327 g/mol. The quantitative estimate of drug-likeness (QED) is 0.850. The van der Waals surface area contributed by atoms with Gasteiger partial charge in [-0.15, -0.1) is 0 Å². The zero-order valence-electron chi connectivity index (χ0n) is 10.8. The molecular weight excluding hydrogens is 310 g/mol. The van der Waals surface area contributed by atoms with Crippen LogP contribution in [-0.4, -0.2) is 33.7 Å². The van der Waals surface area contributed by atoms with E-state index < -0.39 is 12.3 Å². The SMILES string of the molecule is C[C@H]1C[C@H](Br)[C@@H](O)N(C(=O)OCc2ccccc2)C1. The lowest BCUT2D eigenvalue weighted by Gasteiger charge is -2.37. The standard InChI is InChI=1S/C14H18BrNO3/c1-10-7-12(15)13(17)16(8-10)14(18)19-9-11-5-3-2-4-6-11/h2-6,10,12-13,17H,7-9H2,1H3/t10-,12-,13+/m0/s1. The number of ether oxygens (including phenoxy) is 1. The molecule has 1 heterocycles. The van der Waals surface area contributed by atoms with Crippen molar-refractivity contribution in [1.82, 2.24) is 4.90 Å². The third-order valence-electron chi connectivity index (χ3n) is 3.22. The van der Waals surface area contributed by atoms with E-state index in [0.29, 0.717) is 12.5 Å². The van der Waals surface area contributed by atoms with Crippen molar-refractivity contribution in [1.29, 1.82) is 0 Å². The van der Waals surface area contributed by atoms with Crippen LogP contribution in [0.4, 0.5) is 4.79 Å². The summed E-state index contributed by atoms with van der Waals surface area (Å²) in [5.41, 5.74) is 0.936. The van der Waals surface area contributed by atoms with Gasteiger partial charge in [0, 0.05) is 6.54 Å². The van der Waals surface area contributed by atoms with Gasteiger partial charge in [-0.2, -0.15) is 0 Å². The summed E-state index contributed by atoms with van der Waals surface area (Å²) in [6.07, 6.45) is -0.435. The Morgan fingerprint density at radius 2 is 2.16 bits per heavy atom. The molecule has 2 rings (SSSR count). The van der Waals surface area contributed by atoms with E-state index in [4.69, 9.17) is 4.74 Å². The first kappa shape index (κ1) is 14.3. The predicted molar refractivity (Wildman–Crippen MR) is 75.8 cm³/mol. The number of aliphatic hydroxyl groups excluding tert-OH is 1. The maximum Gasteiger partial charge on any atom is 0.412 e. The summed E-state index contributed by atoms with van der Waals surface area (Å²) in [5, 5.41) is 10.0. The van der Waals surface area contributed by atoms with E-state index in [0.717, 1.165) is 12.0 Å². The maximum absolute atomic E-state index is 12.0. The smallest absolute Gasteiger partial charge is 0.412 e. The first-order valence-corrected chi connectivity index (χ1v) is 7.29. The van der Waals surface area contributed by atoms with E-state index in [-0.39, 0.29) is 11.4 Å². The van der Waals surface area contributed by atoms with Crippen molar-refractivity contribution in [3.63, 3.8) is 0 Å². The van der Waals surface area contributed by atoms with Crippen LogP contribution in [0.15, 0.2) is 30.3 Å². The second-order valence-corrected chi connectivity index (χ2v) is 6.14. The van der Waals surface area contributed by atoms with E-state index in [1.54, 1.807) is 0 Å². The molecule has 0 aliphatic carbocycles. The van der Waals surface area contributed by atoms with Crippen molar-refractivity contribution in [2.75, 3.05) is 6.54 Å². The highest BCUT2D eigenvalue weighted by molar-refractivity contribution is 9.09. The van der Waals surface area contributed by atoms with Crippen molar-refractivity contribution in [2.24, 2.45) is 5.92 Å². The summed E-state index contributed by atoms with van der Waals surface area (Å²) in [4.78, 5) is 13.3. The minimum Gasteiger partial charge on any atom is -0.444 e. The number of likely N-dealkylation sites (tertiary alicyclic amines) is 1. The van der Waals surface area contributed by atoms with Gasteiger partial charge in [0.2, 0.25) is 0 Å². The molecule has 1 aliphatic heterocycles. The average Bonchev–Trinajstić information content (AvgIpc) is 2.41. The number of hydrogen-bond acceptors (Lipinski definition) is 3. The van der Waals surface area contributed by atoms with Gasteiger partial charge in [-0.1, -0.05) is 53.2 Å². The molecule has 4 nitrogen and oxygen atoms in total. The largest absolute Gasteiger partial charge is 0.444 e. The molecule has 0 unspecified atom stereocenters. The molecule has 1 aromatic carbocycles. The van der Waals surface area contributed by atoms with Crippen LogP contribution in [0.3, 0.4) is 0 Å². The van der Waals surface area contributed by atoms with E-state index in [1.165, 1.54) is 4.90 Å². The molecule has 3 atom stereocenters. The van der Waals surface area contributed by atoms with E-state index in [1.807, 2.05) is 30.3 Å². The summed E-state index contributed by atoms with van der Waals surface area (Å²) in [7, 11) is 0. The number of halogens is 1. The van der Waals surface area contributed by atoms with Crippen LogP contribution in [0.5, 0.6) is 0 Å². The summed E-state index contributed by atoms with van der Waals surface area (Å²) >= 11 is 3.40. The lowest BCUT2D eigenvalue weighted by atomic mass is 9.99. The van der Waals surface area contributed by atoms with Crippen LogP contribution in [0.25, 0.3) is 0 Å². The molecule has 1 fully saturated rings. The van der Waals surface area contributed by atoms with Gasteiger partial charge in [-0.3, -0.25) is 4.90 Å². The van der Waals surface area contributed by atoms with Crippen LogP contribution in [-0.2, 0) is 11.3 Å². The molecule has 1 amide bonds. The number of rotatable bonds is 2. The van der Waals surface area contributed by atoms with Gasteiger partial charge >= 0.3 is 6.09 Å². The van der Waals surface area contributed by atoms with E-state index >= 15 is 0 Å². The number of hydrogen-bond donors (Lipinski definition) is 1. The van der Waals surface area contributed by atoms with Crippen LogP contribution < -0.4 is 0 Å². The third kappa shape index (κ3) is 3.70. The van der Waals surface area contributed by atoms with Gasteiger partial charge < -0.3 is 9.84 Å². The molecule has 0 spiro atoms. The van der Waals surface area contributed by atoms with Gasteiger partial charge in [-0.25, -0.2) is 4.79 Å². The Kier molecular flexibility index (Phi) is 4.82. The van der Waals surface area contributed by atoms with Crippen molar-refractivity contribution >= 4 is 22.0 Å². The van der Waals surface area contributed by atoms with Crippen LogP contribution in [0.1, 0.15) is 18.9 Å². The Morgan fingerprint density at radius 3 is 2.84 bits per heavy atom. The molecular formula is C14H18BrNO3. The first-order valence-electron chi connectivity index (χ1n) is 6.37. The lowest BCUT2D eigenvalue weighted by Crippen LogP contribution is -2.51. The highest BCUT2D eigenvalue weighted by Gasteiger charge is 2.35. The third-order valence-corrected chi connectivity index (χ3v) is 4.07. The Bertz CT molecular complexity index is 426. The van der Waals surface area contributed by atoms with Crippen molar-refractivity contribution < 1.29 is 14.6 Å². The fourth-order valence-electron chi connectivity index (χ4n) is 2.20. The zero-order chi connectivity index (χ0) is 13.8. The van der Waals surface area contributed by atoms with Crippen molar-refractivity contribution in [2.45, 2.75) is 31.0 Å². The molecule has 104 valence electrons. The highest BCUT2D eigenvalue weighted by Crippen LogP contribution is 2.26. The van der Waals surface area contributed by atoms with Gasteiger partial charge in [0.25, 0.3) is 0 Å². The number of benzene rings is 1. The van der Waals surface area contributed by atoms with E-state index in [9.17, 15) is 9.90 Å². The maximum atomic E-state index is 12.0. The fourth-order valence-corrected chi connectivity index (χ4v) is 3.13. The fraction of sp³-hybridized carbons (Fsp3) is 0.500. The summed E-state index contributed by atoms with van der Waals surface area (Å²) in [6, 6.07) is 9.51. The number of carbonyl (C=O) groups excluding carboxylic acids is 1. The highest BCUT2D eigenvalue weighted by atomic mass is 79.9. The Hall–Kier alpha value is -1.07. The Labute approximate surface area is 121 Å². The minimum atomic E-state index is -0.820. The van der Waals surface area contributed by atoms with Crippen LogP contribution in [0, 0.1) is 5.92 Å². The second-order valence-electron chi connectivity index (χ2n) is 4.96. The molecule has 0 bridgehead atoms. The number of carbonyl (C=O) groups is 1. The van der Waals surface area contributed by atoms with Gasteiger partial charge in [-0.05, 0) is 17.9 Å². The number of alkyl halides is 1. The number of aliphatic hydroxyl groups is 1. The number of nitrogens with zero attached hydrogens (tertiary/aromatic N) is 1. The summed E-state index contributed by atoms with van der Waals surface area (Å²) in [6.45, 7) is 2.80. The van der Waals surface area contributed by atoms with Gasteiger partial charge in [0.15, 0.2) is 0 Å². The summed E-state index contributed by atoms with van der Waals surface area (Å²) < 4.78 is 5.24. The van der Waals surface area contributed by atoms with Gasteiger partial charge in [0.1, 0.15) is 12.8 Å². The van der Waals surface area contributed by atoms with Crippen LogP contribution in [0.2, 0.25) is 0 Å². The molecule has 19 heavy (non-hydrogen) atoms. The molecule has 1 aliphatic rings. The first-order chi connectivity index (χ1) is 9.08. The average molecular weight is 328 g/mol. The molecule has 0 aromatic heterocycles. The lowest BCUT2D eigenvalue weighted by molar-refractivity contribution is -0.0300. The Balaban J connectivity index is 1.92. The van der Waals surface area contributed by atoms with Crippen molar-refractivity contribution in [3.8, 4) is 0 Å². The molecule has 1 aromatic rings. The van der Waals surface area contributed by atoms with Gasteiger partial charge in [0.05, 0.1) is 4.83 Å². The minimum absolute atomic E-state index is 0.0967. The number of piperidine rings is 1. The van der Waals surface area contributed by atoms with E-state index in [2.05, 4.69) is 22.9 Å². The number of amides is 1. The molecule has 5 heteroatoms. The normalized spacial score (nSPS) is 27.1.